The van der Waals surface area contributed by atoms with E-state index < -0.39 is 0 Å². The van der Waals surface area contributed by atoms with Gasteiger partial charge in [-0.2, -0.15) is 0 Å². The van der Waals surface area contributed by atoms with E-state index in [2.05, 4.69) is 21.7 Å². The van der Waals surface area contributed by atoms with E-state index in [4.69, 9.17) is 0 Å². The van der Waals surface area contributed by atoms with Gasteiger partial charge in [0.25, 0.3) is 5.91 Å². The molecule has 1 N–H and O–H groups in total. The van der Waals surface area contributed by atoms with Crippen molar-refractivity contribution >= 4 is 17.2 Å². The summed E-state index contributed by atoms with van der Waals surface area (Å²) in [5, 5.41) is 5.48. The van der Waals surface area contributed by atoms with Crippen LogP contribution in [0.3, 0.4) is 0 Å². The largest absolute Gasteiger partial charge is 0.339 e. The first-order chi connectivity index (χ1) is 9.84. The van der Waals surface area contributed by atoms with E-state index in [1.54, 1.807) is 11.3 Å². The summed E-state index contributed by atoms with van der Waals surface area (Å²) in [4.78, 5) is 16.0. The first kappa shape index (κ1) is 14.1. The molecule has 20 heavy (non-hydrogen) atoms. The minimum absolute atomic E-state index is 0.253. The SMILES string of the molecule is O=C(c1csc(C2CCNCC2)c1)N1CCCCCC1. The first-order valence-electron chi connectivity index (χ1n) is 7.93. The molecular formula is C16H24N2OS. The quantitative estimate of drug-likeness (QED) is 0.907. The lowest BCUT2D eigenvalue weighted by atomic mass is 9.96. The fourth-order valence-corrected chi connectivity index (χ4v) is 4.30. The Morgan fingerprint density at radius 1 is 1.15 bits per heavy atom. The van der Waals surface area contributed by atoms with Gasteiger partial charge in [0.2, 0.25) is 0 Å². The van der Waals surface area contributed by atoms with Crippen molar-refractivity contribution in [2.45, 2.75) is 44.4 Å². The Kier molecular flexibility index (Phi) is 4.73. The van der Waals surface area contributed by atoms with Gasteiger partial charge in [-0.1, -0.05) is 12.8 Å². The van der Waals surface area contributed by atoms with E-state index in [9.17, 15) is 4.79 Å². The van der Waals surface area contributed by atoms with Gasteiger partial charge in [-0.05, 0) is 50.8 Å². The Hall–Kier alpha value is -0.870. The Morgan fingerprint density at radius 3 is 2.55 bits per heavy atom. The highest BCUT2D eigenvalue weighted by Gasteiger charge is 2.21. The van der Waals surface area contributed by atoms with E-state index in [-0.39, 0.29) is 5.91 Å². The van der Waals surface area contributed by atoms with Crippen LogP contribution >= 0.6 is 11.3 Å². The van der Waals surface area contributed by atoms with E-state index in [0.29, 0.717) is 5.92 Å². The third-order valence-electron chi connectivity index (χ3n) is 4.50. The van der Waals surface area contributed by atoms with Gasteiger partial charge >= 0.3 is 0 Å². The summed E-state index contributed by atoms with van der Waals surface area (Å²) in [6, 6.07) is 2.16. The number of carbonyl (C=O) groups excluding carboxylic acids is 1. The molecule has 0 spiro atoms. The summed E-state index contributed by atoms with van der Waals surface area (Å²) >= 11 is 1.78. The molecule has 1 aromatic rings. The first-order valence-corrected chi connectivity index (χ1v) is 8.81. The molecule has 1 amide bonds. The van der Waals surface area contributed by atoms with Gasteiger partial charge in [0, 0.05) is 23.3 Å². The van der Waals surface area contributed by atoms with Gasteiger partial charge in [0.05, 0.1) is 5.56 Å². The maximum atomic E-state index is 12.6. The van der Waals surface area contributed by atoms with Crippen molar-refractivity contribution in [3.05, 3.63) is 21.9 Å². The number of likely N-dealkylation sites (tertiary alicyclic amines) is 1. The summed E-state index contributed by atoms with van der Waals surface area (Å²) < 4.78 is 0. The Balaban J connectivity index is 1.67. The molecule has 110 valence electrons. The van der Waals surface area contributed by atoms with Crippen molar-refractivity contribution in [2.75, 3.05) is 26.2 Å². The van der Waals surface area contributed by atoms with Gasteiger partial charge in [-0.25, -0.2) is 0 Å². The van der Waals surface area contributed by atoms with Crippen LogP contribution in [0.1, 0.15) is 59.7 Å². The van der Waals surface area contributed by atoms with Crippen molar-refractivity contribution in [3.8, 4) is 0 Å². The number of carbonyl (C=O) groups is 1. The second-order valence-electron chi connectivity index (χ2n) is 5.97. The monoisotopic (exact) mass is 292 g/mol. The molecule has 0 bridgehead atoms. The third-order valence-corrected chi connectivity index (χ3v) is 5.60. The molecular weight excluding hydrogens is 268 g/mol. The number of hydrogen-bond acceptors (Lipinski definition) is 3. The van der Waals surface area contributed by atoms with Gasteiger partial charge in [0.15, 0.2) is 0 Å². The van der Waals surface area contributed by atoms with Crippen molar-refractivity contribution in [1.82, 2.24) is 10.2 Å². The molecule has 2 aliphatic rings. The second-order valence-corrected chi connectivity index (χ2v) is 6.91. The highest BCUT2D eigenvalue weighted by Crippen LogP contribution is 2.31. The topological polar surface area (TPSA) is 32.3 Å². The molecule has 2 aliphatic heterocycles. The standard InChI is InChI=1S/C16H24N2OS/c19-16(18-9-3-1-2-4-10-18)14-11-15(20-12-14)13-5-7-17-8-6-13/h11-13,17H,1-10H2. The van der Waals surface area contributed by atoms with E-state index >= 15 is 0 Å². The normalized spacial score (nSPS) is 21.7. The number of amides is 1. The van der Waals surface area contributed by atoms with Crippen LogP contribution in [-0.4, -0.2) is 37.0 Å². The van der Waals surface area contributed by atoms with Crippen LogP contribution in [0, 0.1) is 0 Å². The van der Waals surface area contributed by atoms with E-state index in [0.717, 1.165) is 44.6 Å². The zero-order valence-corrected chi connectivity index (χ0v) is 12.9. The summed E-state index contributed by atoms with van der Waals surface area (Å²) in [5.74, 6) is 0.912. The molecule has 0 aliphatic carbocycles. The lowest BCUT2D eigenvalue weighted by Gasteiger charge is -2.21. The number of nitrogens with one attached hydrogen (secondary N) is 1. The zero-order valence-electron chi connectivity index (χ0n) is 12.1. The average molecular weight is 292 g/mol. The molecule has 3 rings (SSSR count). The maximum absolute atomic E-state index is 12.6. The molecule has 0 radical (unpaired) electrons. The molecule has 2 saturated heterocycles. The smallest absolute Gasteiger partial charge is 0.254 e. The molecule has 0 unspecified atom stereocenters. The van der Waals surface area contributed by atoms with Crippen LogP contribution in [-0.2, 0) is 0 Å². The lowest BCUT2D eigenvalue weighted by Crippen LogP contribution is -2.31. The summed E-state index contributed by atoms with van der Waals surface area (Å²) in [7, 11) is 0. The predicted molar refractivity (Wildman–Crippen MR) is 83.5 cm³/mol. The minimum atomic E-state index is 0.253. The number of thiophene rings is 1. The summed E-state index contributed by atoms with van der Waals surface area (Å²) in [5.41, 5.74) is 0.922. The average Bonchev–Trinajstić information content (AvgIpc) is 2.83. The van der Waals surface area contributed by atoms with Crippen LogP contribution in [0.2, 0.25) is 0 Å². The maximum Gasteiger partial charge on any atom is 0.254 e. The fraction of sp³-hybridized carbons (Fsp3) is 0.688. The van der Waals surface area contributed by atoms with Crippen LogP contribution in [0.4, 0.5) is 0 Å². The highest BCUT2D eigenvalue weighted by molar-refractivity contribution is 7.10. The molecule has 3 nitrogen and oxygen atoms in total. The van der Waals surface area contributed by atoms with Crippen molar-refractivity contribution < 1.29 is 4.79 Å². The van der Waals surface area contributed by atoms with Gasteiger partial charge < -0.3 is 10.2 Å². The Bertz CT molecular complexity index is 443. The van der Waals surface area contributed by atoms with Gasteiger partial charge in [-0.3, -0.25) is 4.79 Å². The molecule has 0 saturated carbocycles. The van der Waals surface area contributed by atoms with Gasteiger partial charge in [0.1, 0.15) is 0 Å². The second kappa shape index (κ2) is 6.72. The number of piperidine rings is 1. The van der Waals surface area contributed by atoms with Crippen molar-refractivity contribution in [1.29, 1.82) is 0 Å². The third kappa shape index (κ3) is 3.23. The molecule has 4 heteroatoms. The Labute approximate surface area is 125 Å². The summed E-state index contributed by atoms with van der Waals surface area (Å²) in [6.45, 7) is 4.10. The van der Waals surface area contributed by atoms with E-state index in [1.165, 1.54) is 30.6 Å². The van der Waals surface area contributed by atoms with Crippen LogP contribution in [0.25, 0.3) is 0 Å². The van der Waals surface area contributed by atoms with Crippen LogP contribution in [0.5, 0.6) is 0 Å². The van der Waals surface area contributed by atoms with Crippen molar-refractivity contribution in [3.63, 3.8) is 0 Å². The highest BCUT2D eigenvalue weighted by atomic mass is 32.1. The molecule has 3 heterocycles. The van der Waals surface area contributed by atoms with Gasteiger partial charge in [-0.15, -0.1) is 11.3 Å². The molecule has 2 fully saturated rings. The fourth-order valence-electron chi connectivity index (χ4n) is 3.24. The molecule has 1 aromatic heterocycles. The lowest BCUT2D eigenvalue weighted by molar-refractivity contribution is 0.0762. The number of rotatable bonds is 2. The minimum Gasteiger partial charge on any atom is -0.339 e. The Morgan fingerprint density at radius 2 is 1.85 bits per heavy atom. The zero-order chi connectivity index (χ0) is 13.8. The van der Waals surface area contributed by atoms with Crippen LogP contribution in [0.15, 0.2) is 11.4 Å². The number of hydrogen-bond donors (Lipinski definition) is 1. The number of nitrogens with zero attached hydrogens (tertiary/aromatic N) is 1. The molecule has 0 atom stereocenters. The van der Waals surface area contributed by atoms with Crippen molar-refractivity contribution in [2.24, 2.45) is 0 Å². The summed E-state index contributed by atoms with van der Waals surface area (Å²) in [6.07, 6.45) is 7.28. The predicted octanol–water partition coefficient (Wildman–Crippen LogP) is 3.23. The van der Waals surface area contributed by atoms with Crippen LogP contribution < -0.4 is 5.32 Å². The van der Waals surface area contributed by atoms with E-state index in [1.807, 2.05) is 0 Å². The molecule has 0 aromatic carbocycles.